The lowest BCUT2D eigenvalue weighted by molar-refractivity contribution is -0.116. The maximum atomic E-state index is 13.7. The molecule has 0 aliphatic rings. The van der Waals surface area contributed by atoms with Crippen LogP contribution in [0.25, 0.3) is 22.8 Å². The van der Waals surface area contributed by atoms with Gasteiger partial charge in [-0.25, -0.2) is 13.8 Å². The fourth-order valence-electron chi connectivity index (χ4n) is 3.17. The smallest absolute Gasteiger partial charge is 0.254 e. The number of hydrogen-bond acceptors (Lipinski definition) is 4. The number of hydrogen-bond donors (Lipinski definition) is 3. The van der Waals surface area contributed by atoms with Crippen LogP contribution in [0.2, 0.25) is 0 Å². The van der Waals surface area contributed by atoms with Gasteiger partial charge in [0.1, 0.15) is 11.6 Å². The van der Waals surface area contributed by atoms with Gasteiger partial charge in [0.15, 0.2) is 11.6 Å². The van der Waals surface area contributed by atoms with Crippen LogP contribution in [-0.2, 0) is 4.79 Å². The molecule has 0 bridgehead atoms. The number of carbonyl (C=O) groups is 2. The van der Waals surface area contributed by atoms with E-state index in [0.29, 0.717) is 29.0 Å². The number of benzene rings is 3. The molecule has 0 saturated carbocycles. The van der Waals surface area contributed by atoms with Crippen molar-refractivity contribution in [2.24, 2.45) is 0 Å². The second kappa shape index (κ2) is 9.82. The first-order chi connectivity index (χ1) is 16.0. The fraction of sp³-hybridized carbons (Fsp3) is 0.0833. The molecular formula is C24H19F2N5O2. The monoisotopic (exact) mass is 447 g/mol. The summed E-state index contributed by atoms with van der Waals surface area (Å²) in [7, 11) is 0. The van der Waals surface area contributed by atoms with Crippen molar-refractivity contribution in [2.45, 2.75) is 6.42 Å². The standard InChI is InChI=1S/C24H19F2N5O2/c25-16-10-11-17(19(26)14-16)24(33)27-13-12-21(32)28-20-9-5-4-8-18(20)23-29-22(30-31-23)15-6-2-1-3-7-15/h1-11,14H,12-13H2,(H,27,33)(H,28,32)(H,29,30,31). The zero-order valence-electron chi connectivity index (χ0n) is 17.3. The molecule has 9 heteroatoms. The van der Waals surface area contributed by atoms with Crippen molar-refractivity contribution < 1.29 is 18.4 Å². The highest BCUT2D eigenvalue weighted by molar-refractivity contribution is 5.96. The van der Waals surface area contributed by atoms with Crippen molar-refractivity contribution in [1.82, 2.24) is 20.5 Å². The Balaban J connectivity index is 1.38. The van der Waals surface area contributed by atoms with Crippen LogP contribution in [0, 0.1) is 11.6 Å². The van der Waals surface area contributed by atoms with Crippen LogP contribution in [0.3, 0.4) is 0 Å². The third-order valence-electron chi connectivity index (χ3n) is 4.79. The first-order valence-corrected chi connectivity index (χ1v) is 10.1. The van der Waals surface area contributed by atoms with E-state index in [1.54, 1.807) is 18.2 Å². The lowest BCUT2D eigenvalue weighted by Crippen LogP contribution is -2.28. The molecule has 7 nitrogen and oxygen atoms in total. The number of H-pyrrole nitrogens is 1. The molecule has 0 fully saturated rings. The van der Waals surface area contributed by atoms with Gasteiger partial charge in [-0.1, -0.05) is 42.5 Å². The molecule has 0 unspecified atom stereocenters. The SMILES string of the molecule is O=C(CCNC(=O)c1ccc(F)cc1F)Nc1ccccc1-c1nc(-c2ccccc2)n[nH]1. The topological polar surface area (TPSA) is 99.8 Å². The molecule has 4 rings (SSSR count). The van der Waals surface area contributed by atoms with Gasteiger partial charge >= 0.3 is 0 Å². The molecule has 33 heavy (non-hydrogen) atoms. The molecule has 2 amide bonds. The van der Waals surface area contributed by atoms with Crippen LogP contribution < -0.4 is 10.6 Å². The largest absolute Gasteiger partial charge is 0.351 e. The van der Waals surface area contributed by atoms with E-state index in [4.69, 9.17) is 0 Å². The predicted octanol–water partition coefficient (Wildman–Crippen LogP) is 4.18. The van der Waals surface area contributed by atoms with Crippen molar-refractivity contribution in [3.05, 3.63) is 90.0 Å². The summed E-state index contributed by atoms with van der Waals surface area (Å²) in [5.41, 5.74) is 1.74. The fourth-order valence-corrected chi connectivity index (χ4v) is 3.17. The van der Waals surface area contributed by atoms with E-state index in [9.17, 15) is 18.4 Å². The van der Waals surface area contributed by atoms with Gasteiger partial charge in [-0.2, -0.15) is 5.10 Å². The summed E-state index contributed by atoms with van der Waals surface area (Å²) in [6.07, 6.45) is -0.0471. The second-order valence-electron chi connectivity index (χ2n) is 7.10. The van der Waals surface area contributed by atoms with Crippen LogP contribution in [0.15, 0.2) is 72.8 Å². The molecule has 0 aliphatic heterocycles. The van der Waals surface area contributed by atoms with Crippen LogP contribution in [-0.4, -0.2) is 33.5 Å². The Hall–Kier alpha value is -4.40. The summed E-state index contributed by atoms with van der Waals surface area (Å²) in [6, 6.07) is 19.3. The number of nitrogens with zero attached hydrogens (tertiary/aromatic N) is 2. The average Bonchev–Trinajstić information content (AvgIpc) is 3.30. The molecule has 4 aromatic rings. The van der Waals surface area contributed by atoms with Gasteiger partial charge in [0.25, 0.3) is 5.91 Å². The third-order valence-corrected chi connectivity index (χ3v) is 4.79. The molecule has 0 saturated heterocycles. The van der Waals surface area contributed by atoms with Gasteiger partial charge < -0.3 is 10.6 Å². The van der Waals surface area contributed by atoms with Gasteiger partial charge in [0, 0.05) is 30.2 Å². The summed E-state index contributed by atoms with van der Waals surface area (Å²) in [6.45, 7) is -0.0237. The van der Waals surface area contributed by atoms with Gasteiger partial charge in [0.2, 0.25) is 5.91 Å². The first-order valence-electron chi connectivity index (χ1n) is 10.1. The van der Waals surface area contributed by atoms with Crippen LogP contribution in [0.5, 0.6) is 0 Å². The maximum Gasteiger partial charge on any atom is 0.254 e. The number of anilines is 1. The Kier molecular flexibility index (Phi) is 6.49. The molecule has 0 radical (unpaired) electrons. The average molecular weight is 447 g/mol. The molecule has 3 aromatic carbocycles. The number of halogens is 2. The molecule has 1 heterocycles. The van der Waals surface area contributed by atoms with Gasteiger partial charge in [-0.3, -0.25) is 14.7 Å². The summed E-state index contributed by atoms with van der Waals surface area (Å²) >= 11 is 0. The second-order valence-corrected chi connectivity index (χ2v) is 7.10. The van der Waals surface area contributed by atoms with Gasteiger partial charge in [-0.05, 0) is 24.3 Å². The van der Waals surface area contributed by atoms with E-state index >= 15 is 0 Å². The van der Waals surface area contributed by atoms with Crippen molar-refractivity contribution in [3.63, 3.8) is 0 Å². The van der Waals surface area contributed by atoms with E-state index in [0.717, 1.165) is 17.7 Å². The van der Waals surface area contributed by atoms with Gasteiger partial charge in [-0.15, -0.1) is 0 Å². The minimum Gasteiger partial charge on any atom is -0.351 e. The lowest BCUT2D eigenvalue weighted by Gasteiger charge is -2.10. The maximum absolute atomic E-state index is 13.7. The van der Waals surface area contributed by atoms with Crippen molar-refractivity contribution in [2.75, 3.05) is 11.9 Å². The Morgan fingerprint density at radius 3 is 2.48 bits per heavy atom. The molecule has 166 valence electrons. The number of para-hydroxylation sites is 1. The predicted molar refractivity (Wildman–Crippen MR) is 119 cm³/mol. The highest BCUT2D eigenvalue weighted by Gasteiger charge is 2.15. The highest BCUT2D eigenvalue weighted by atomic mass is 19.1. The number of amides is 2. The lowest BCUT2D eigenvalue weighted by atomic mass is 10.1. The minimum atomic E-state index is -0.965. The van der Waals surface area contributed by atoms with E-state index in [1.807, 2.05) is 36.4 Å². The highest BCUT2D eigenvalue weighted by Crippen LogP contribution is 2.26. The number of rotatable bonds is 7. The molecule has 0 spiro atoms. The molecule has 3 N–H and O–H groups in total. The summed E-state index contributed by atoms with van der Waals surface area (Å²) < 4.78 is 26.7. The van der Waals surface area contributed by atoms with Crippen LogP contribution in [0.1, 0.15) is 16.8 Å². The van der Waals surface area contributed by atoms with E-state index in [2.05, 4.69) is 25.8 Å². The molecular weight excluding hydrogens is 428 g/mol. The number of aromatic amines is 1. The zero-order chi connectivity index (χ0) is 23.2. The Labute approximate surface area is 187 Å². The van der Waals surface area contributed by atoms with Crippen LogP contribution >= 0.6 is 0 Å². The Morgan fingerprint density at radius 1 is 0.939 bits per heavy atom. The van der Waals surface area contributed by atoms with E-state index in [-0.39, 0.29) is 24.4 Å². The molecule has 1 aromatic heterocycles. The van der Waals surface area contributed by atoms with Gasteiger partial charge in [0.05, 0.1) is 11.3 Å². The normalized spacial score (nSPS) is 10.6. The van der Waals surface area contributed by atoms with Crippen LogP contribution in [0.4, 0.5) is 14.5 Å². The molecule has 0 aliphatic carbocycles. The number of nitrogens with one attached hydrogen (secondary N) is 3. The van der Waals surface area contributed by atoms with Crippen molar-refractivity contribution in [1.29, 1.82) is 0 Å². The summed E-state index contributed by atoms with van der Waals surface area (Å²) in [5, 5.41) is 12.4. The Bertz CT molecular complexity index is 1290. The van der Waals surface area contributed by atoms with E-state index in [1.165, 1.54) is 0 Å². The number of aromatic nitrogens is 3. The first kappa shape index (κ1) is 21.8. The van der Waals surface area contributed by atoms with Crippen molar-refractivity contribution in [3.8, 4) is 22.8 Å². The third kappa shape index (κ3) is 5.27. The van der Waals surface area contributed by atoms with Crippen molar-refractivity contribution >= 4 is 17.5 Å². The van der Waals surface area contributed by atoms with E-state index < -0.39 is 17.5 Å². The minimum absolute atomic E-state index is 0.0237. The number of carbonyl (C=O) groups excluding carboxylic acids is 2. The zero-order valence-corrected chi connectivity index (χ0v) is 17.3. The molecule has 0 atom stereocenters. The summed E-state index contributed by atoms with van der Waals surface area (Å²) in [5.74, 6) is -1.80. The Morgan fingerprint density at radius 2 is 1.70 bits per heavy atom. The summed E-state index contributed by atoms with van der Waals surface area (Å²) in [4.78, 5) is 29.0. The quantitative estimate of drug-likeness (QED) is 0.396.